The Balaban J connectivity index is 1.56. The molecule has 0 aromatic heterocycles. The van der Waals surface area contributed by atoms with E-state index in [4.69, 9.17) is 4.74 Å². The van der Waals surface area contributed by atoms with Gasteiger partial charge in [-0.1, -0.05) is 35.9 Å². The standard InChI is InChI=1S/C19H20N2O3/c1-13-4-2-5-14(10-13)12-24-17-7-3-6-16(11-17)19(23)21-20-18(22)15-8-9-15/h2-7,10-11,15H,8-9,12H2,1H3,(H,20,22)(H,21,23). The fourth-order valence-electron chi connectivity index (χ4n) is 2.33. The molecular weight excluding hydrogens is 304 g/mol. The summed E-state index contributed by atoms with van der Waals surface area (Å²) in [5.41, 5.74) is 7.57. The van der Waals surface area contributed by atoms with E-state index < -0.39 is 0 Å². The normalized spacial score (nSPS) is 13.2. The van der Waals surface area contributed by atoms with Crippen molar-refractivity contribution in [2.24, 2.45) is 5.92 Å². The second kappa shape index (κ2) is 7.17. The molecule has 3 rings (SSSR count). The number of hydrogen-bond acceptors (Lipinski definition) is 3. The van der Waals surface area contributed by atoms with Crippen molar-refractivity contribution in [2.75, 3.05) is 0 Å². The van der Waals surface area contributed by atoms with E-state index in [0.717, 1.165) is 18.4 Å². The summed E-state index contributed by atoms with van der Waals surface area (Å²) in [6.07, 6.45) is 1.79. The molecule has 5 heteroatoms. The molecule has 0 heterocycles. The molecule has 124 valence electrons. The quantitative estimate of drug-likeness (QED) is 0.831. The van der Waals surface area contributed by atoms with Gasteiger partial charge in [0.1, 0.15) is 12.4 Å². The molecule has 2 amide bonds. The summed E-state index contributed by atoms with van der Waals surface area (Å²) in [5, 5.41) is 0. The first-order chi connectivity index (χ1) is 11.6. The molecule has 2 N–H and O–H groups in total. The van der Waals surface area contributed by atoms with Crippen molar-refractivity contribution in [3.63, 3.8) is 0 Å². The van der Waals surface area contributed by atoms with Crippen LogP contribution in [0.3, 0.4) is 0 Å². The van der Waals surface area contributed by atoms with Crippen molar-refractivity contribution in [1.82, 2.24) is 10.9 Å². The summed E-state index contributed by atoms with van der Waals surface area (Å²) in [5.74, 6) is 0.173. The molecule has 0 radical (unpaired) electrons. The van der Waals surface area contributed by atoms with Crippen LogP contribution in [0.15, 0.2) is 48.5 Å². The van der Waals surface area contributed by atoms with E-state index in [9.17, 15) is 9.59 Å². The highest BCUT2D eigenvalue weighted by molar-refractivity contribution is 5.96. The average molecular weight is 324 g/mol. The molecule has 1 aliphatic carbocycles. The van der Waals surface area contributed by atoms with Gasteiger partial charge in [0.15, 0.2) is 0 Å². The Morgan fingerprint density at radius 1 is 1.08 bits per heavy atom. The highest BCUT2D eigenvalue weighted by Crippen LogP contribution is 2.28. The summed E-state index contributed by atoms with van der Waals surface area (Å²) in [6, 6.07) is 15.0. The second-order valence-electron chi connectivity index (χ2n) is 6.02. The van der Waals surface area contributed by atoms with Gasteiger partial charge >= 0.3 is 0 Å². The molecule has 0 saturated heterocycles. The Hall–Kier alpha value is -2.82. The zero-order valence-electron chi connectivity index (χ0n) is 13.5. The predicted molar refractivity (Wildman–Crippen MR) is 90.3 cm³/mol. The van der Waals surface area contributed by atoms with E-state index in [1.807, 2.05) is 25.1 Å². The van der Waals surface area contributed by atoms with Gasteiger partial charge in [0.05, 0.1) is 0 Å². The lowest BCUT2D eigenvalue weighted by atomic mass is 10.1. The van der Waals surface area contributed by atoms with E-state index >= 15 is 0 Å². The molecule has 1 saturated carbocycles. The molecule has 2 aromatic carbocycles. The van der Waals surface area contributed by atoms with E-state index in [-0.39, 0.29) is 17.7 Å². The van der Waals surface area contributed by atoms with Gasteiger partial charge in [0.25, 0.3) is 5.91 Å². The summed E-state index contributed by atoms with van der Waals surface area (Å²) in [7, 11) is 0. The van der Waals surface area contributed by atoms with Crippen LogP contribution >= 0.6 is 0 Å². The number of benzene rings is 2. The Bertz CT molecular complexity index is 754. The minimum absolute atomic E-state index is 0.0503. The minimum Gasteiger partial charge on any atom is -0.489 e. The number of hydrazine groups is 1. The van der Waals surface area contributed by atoms with Crippen molar-refractivity contribution in [1.29, 1.82) is 0 Å². The van der Waals surface area contributed by atoms with Gasteiger partial charge in [-0.2, -0.15) is 0 Å². The van der Waals surface area contributed by atoms with Crippen LogP contribution < -0.4 is 15.6 Å². The first-order valence-electron chi connectivity index (χ1n) is 8.00. The van der Waals surface area contributed by atoms with Gasteiger partial charge in [-0.3, -0.25) is 20.4 Å². The zero-order valence-corrected chi connectivity index (χ0v) is 13.5. The predicted octanol–water partition coefficient (Wildman–Crippen LogP) is 2.75. The molecule has 0 bridgehead atoms. The molecule has 0 unspecified atom stereocenters. The molecular formula is C19H20N2O3. The maximum atomic E-state index is 12.1. The van der Waals surface area contributed by atoms with E-state index in [2.05, 4.69) is 16.9 Å². The number of rotatable bonds is 5. The molecule has 2 aromatic rings. The summed E-state index contributed by atoms with van der Waals surface area (Å²) in [4.78, 5) is 23.6. The van der Waals surface area contributed by atoms with Crippen LogP contribution in [0.25, 0.3) is 0 Å². The number of carbonyl (C=O) groups is 2. The van der Waals surface area contributed by atoms with Crippen LogP contribution in [-0.4, -0.2) is 11.8 Å². The highest BCUT2D eigenvalue weighted by Gasteiger charge is 2.29. The number of hydrogen-bond donors (Lipinski definition) is 2. The molecule has 1 aliphatic rings. The fraction of sp³-hybridized carbons (Fsp3) is 0.263. The topological polar surface area (TPSA) is 67.4 Å². The molecule has 24 heavy (non-hydrogen) atoms. The van der Waals surface area contributed by atoms with Gasteiger partial charge in [0, 0.05) is 11.5 Å². The Morgan fingerprint density at radius 3 is 2.62 bits per heavy atom. The Morgan fingerprint density at radius 2 is 1.88 bits per heavy atom. The van der Waals surface area contributed by atoms with Crippen LogP contribution in [0.5, 0.6) is 5.75 Å². The lowest BCUT2D eigenvalue weighted by Crippen LogP contribution is -2.42. The van der Waals surface area contributed by atoms with Crippen LogP contribution in [0.4, 0.5) is 0 Å². The van der Waals surface area contributed by atoms with Crippen molar-refractivity contribution >= 4 is 11.8 Å². The summed E-state index contributed by atoms with van der Waals surface area (Å²) >= 11 is 0. The second-order valence-corrected chi connectivity index (χ2v) is 6.02. The van der Waals surface area contributed by atoms with Crippen molar-refractivity contribution < 1.29 is 14.3 Å². The first-order valence-corrected chi connectivity index (χ1v) is 8.00. The van der Waals surface area contributed by atoms with E-state index in [0.29, 0.717) is 17.9 Å². The van der Waals surface area contributed by atoms with E-state index in [1.165, 1.54) is 5.56 Å². The van der Waals surface area contributed by atoms with Crippen LogP contribution in [0, 0.1) is 12.8 Å². The molecule has 0 spiro atoms. The summed E-state index contributed by atoms with van der Waals surface area (Å²) in [6.45, 7) is 2.47. The van der Waals surface area contributed by atoms with Gasteiger partial charge in [0.2, 0.25) is 5.91 Å². The molecule has 5 nitrogen and oxygen atoms in total. The first kappa shape index (κ1) is 16.1. The van der Waals surface area contributed by atoms with Crippen LogP contribution in [0.1, 0.15) is 34.3 Å². The molecule has 0 atom stereocenters. The third-order valence-corrected chi connectivity index (χ3v) is 3.83. The third-order valence-electron chi connectivity index (χ3n) is 3.83. The summed E-state index contributed by atoms with van der Waals surface area (Å²) < 4.78 is 5.74. The zero-order chi connectivity index (χ0) is 16.9. The SMILES string of the molecule is Cc1cccc(COc2cccc(C(=O)NNC(=O)C3CC3)c2)c1. The van der Waals surface area contributed by atoms with Gasteiger partial charge in [-0.15, -0.1) is 0 Å². The van der Waals surface area contributed by atoms with Crippen LogP contribution in [-0.2, 0) is 11.4 Å². The number of amides is 2. The fourth-order valence-corrected chi connectivity index (χ4v) is 2.33. The van der Waals surface area contributed by atoms with E-state index in [1.54, 1.807) is 24.3 Å². The number of nitrogens with one attached hydrogen (secondary N) is 2. The van der Waals surface area contributed by atoms with Crippen LogP contribution in [0.2, 0.25) is 0 Å². The maximum Gasteiger partial charge on any atom is 0.269 e. The average Bonchev–Trinajstić information content (AvgIpc) is 3.43. The van der Waals surface area contributed by atoms with Gasteiger partial charge in [-0.05, 0) is 43.5 Å². The third kappa shape index (κ3) is 4.35. The number of ether oxygens (including phenoxy) is 1. The molecule has 1 fully saturated rings. The van der Waals surface area contributed by atoms with Crippen molar-refractivity contribution in [3.8, 4) is 5.75 Å². The maximum absolute atomic E-state index is 12.1. The lowest BCUT2D eigenvalue weighted by Gasteiger charge is -2.10. The smallest absolute Gasteiger partial charge is 0.269 e. The number of aryl methyl sites for hydroxylation is 1. The highest BCUT2D eigenvalue weighted by atomic mass is 16.5. The van der Waals surface area contributed by atoms with Crippen molar-refractivity contribution in [3.05, 3.63) is 65.2 Å². The monoisotopic (exact) mass is 324 g/mol. The van der Waals surface area contributed by atoms with Gasteiger partial charge < -0.3 is 4.74 Å². The Kier molecular flexibility index (Phi) is 4.79. The van der Waals surface area contributed by atoms with Crippen molar-refractivity contribution in [2.45, 2.75) is 26.4 Å². The largest absolute Gasteiger partial charge is 0.489 e. The Labute approximate surface area is 141 Å². The lowest BCUT2D eigenvalue weighted by molar-refractivity contribution is -0.123. The minimum atomic E-state index is -0.356. The number of carbonyl (C=O) groups excluding carboxylic acids is 2. The molecule has 0 aliphatic heterocycles. The van der Waals surface area contributed by atoms with Gasteiger partial charge in [-0.25, -0.2) is 0 Å².